The second-order valence-electron chi connectivity index (χ2n) is 3.96. The van der Waals surface area contributed by atoms with E-state index >= 15 is 0 Å². The van der Waals surface area contributed by atoms with Gasteiger partial charge in [0, 0.05) is 18.8 Å². The zero-order chi connectivity index (χ0) is 9.64. The Bertz CT molecular complexity index is 241. The van der Waals surface area contributed by atoms with E-state index in [1.807, 2.05) is 10.9 Å². The van der Waals surface area contributed by atoms with Crippen LogP contribution in [0.1, 0.15) is 32.1 Å². The molecule has 1 aromatic heterocycles. The molecular formula is C10H18N4. The average molecular weight is 194 g/mol. The molecule has 14 heavy (non-hydrogen) atoms. The van der Waals surface area contributed by atoms with Crippen LogP contribution in [0.2, 0.25) is 0 Å². The fourth-order valence-electron chi connectivity index (χ4n) is 1.67. The van der Waals surface area contributed by atoms with Crippen LogP contribution >= 0.6 is 0 Å². The third-order valence-corrected chi connectivity index (χ3v) is 2.82. The van der Waals surface area contributed by atoms with Crippen LogP contribution in [0.15, 0.2) is 12.4 Å². The van der Waals surface area contributed by atoms with E-state index in [-0.39, 0.29) is 0 Å². The van der Waals surface area contributed by atoms with Crippen LogP contribution in [0, 0.1) is 0 Å². The molecule has 1 fully saturated rings. The van der Waals surface area contributed by atoms with Crippen molar-refractivity contribution >= 4 is 0 Å². The van der Waals surface area contributed by atoms with Crippen LogP contribution in [0.25, 0.3) is 0 Å². The normalized spacial score (nSPS) is 16.9. The molecule has 0 amide bonds. The van der Waals surface area contributed by atoms with Gasteiger partial charge in [-0.15, -0.1) is 5.10 Å². The maximum Gasteiger partial charge on any atom is 0.0692 e. The van der Waals surface area contributed by atoms with E-state index < -0.39 is 0 Å². The topological polar surface area (TPSA) is 42.7 Å². The second kappa shape index (κ2) is 5.10. The van der Waals surface area contributed by atoms with Crippen molar-refractivity contribution in [3.63, 3.8) is 0 Å². The van der Waals surface area contributed by atoms with Crippen molar-refractivity contribution in [3.8, 4) is 0 Å². The molecule has 1 saturated carbocycles. The fourth-order valence-corrected chi connectivity index (χ4v) is 1.67. The van der Waals surface area contributed by atoms with E-state index in [9.17, 15) is 0 Å². The van der Waals surface area contributed by atoms with Gasteiger partial charge in [0.1, 0.15) is 0 Å². The Morgan fingerprint density at radius 2 is 2.29 bits per heavy atom. The Balaban J connectivity index is 1.47. The monoisotopic (exact) mass is 194 g/mol. The van der Waals surface area contributed by atoms with Gasteiger partial charge in [-0.05, 0) is 32.2 Å². The Hall–Kier alpha value is -0.900. The third kappa shape index (κ3) is 2.80. The van der Waals surface area contributed by atoms with E-state index in [1.54, 1.807) is 6.20 Å². The van der Waals surface area contributed by atoms with Crippen LogP contribution in [0.4, 0.5) is 0 Å². The van der Waals surface area contributed by atoms with E-state index in [1.165, 1.54) is 32.1 Å². The number of hydrogen-bond acceptors (Lipinski definition) is 3. The van der Waals surface area contributed by atoms with Crippen molar-refractivity contribution in [2.45, 2.75) is 44.7 Å². The highest BCUT2D eigenvalue weighted by atomic mass is 15.4. The number of unbranched alkanes of at least 4 members (excludes halogenated alkanes) is 1. The molecule has 1 heterocycles. The Kier molecular flexibility index (Phi) is 3.51. The molecule has 1 aliphatic carbocycles. The molecule has 1 aromatic rings. The van der Waals surface area contributed by atoms with Gasteiger partial charge in [-0.1, -0.05) is 11.6 Å². The van der Waals surface area contributed by atoms with Gasteiger partial charge in [-0.3, -0.25) is 4.68 Å². The van der Waals surface area contributed by atoms with E-state index in [2.05, 4.69) is 15.6 Å². The van der Waals surface area contributed by atoms with Gasteiger partial charge in [-0.25, -0.2) is 0 Å². The molecule has 0 spiro atoms. The van der Waals surface area contributed by atoms with Crippen molar-refractivity contribution in [1.29, 1.82) is 0 Å². The summed E-state index contributed by atoms with van der Waals surface area (Å²) in [6, 6.07) is 0.821. The van der Waals surface area contributed by atoms with Crippen LogP contribution in [0.3, 0.4) is 0 Å². The van der Waals surface area contributed by atoms with Gasteiger partial charge in [0.15, 0.2) is 0 Å². The van der Waals surface area contributed by atoms with Gasteiger partial charge in [0.25, 0.3) is 0 Å². The minimum Gasteiger partial charge on any atom is -0.314 e. The highest BCUT2D eigenvalue weighted by Crippen LogP contribution is 2.17. The van der Waals surface area contributed by atoms with Crippen molar-refractivity contribution < 1.29 is 0 Å². The maximum absolute atomic E-state index is 3.92. The molecule has 0 aromatic carbocycles. The van der Waals surface area contributed by atoms with Crippen LogP contribution in [-0.2, 0) is 6.54 Å². The molecule has 0 radical (unpaired) electrons. The number of rotatable bonds is 6. The van der Waals surface area contributed by atoms with Gasteiger partial charge >= 0.3 is 0 Å². The lowest BCUT2D eigenvalue weighted by atomic mass is 9.93. The standard InChI is InChI=1S/C10H18N4/c1(6-11-10-4-3-5-10)2-8-14-9-7-12-13-14/h7,9-11H,1-6,8H2. The molecule has 4 heteroatoms. The van der Waals surface area contributed by atoms with Crippen molar-refractivity contribution in [1.82, 2.24) is 20.3 Å². The lowest BCUT2D eigenvalue weighted by Crippen LogP contribution is -2.35. The lowest BCUT2D eigenvalue weighted by molar-refractivity contribution is 0.335. The molecule has 0 aliphatic heterocycles. The molecule has 0 atom stereocenters. The second-order valence-corrected chi connectivity index (χ2v) is 3.96. The largest absolute Gasteiger partial charge is 0.314 e. The molecular weight excluding hydrogens is 176 g/mol. The lowest BCUT2D eigenvalue weighted by Gasteiger charge is -2.26. The minimum atomic E-state index is 0.821. The predicted molar refractivity (Wildman–Crippen MR) is 54.9 cm³/mol. The first-order valence-corrected chi connectivity index (χ1v) is 5.52. The first kappa shape index (κ1) is 9.65. The summed E-state index contributed by atoms with van der Waals surface area (Å²) >= 11 is 0. The molecule has 0 bridgehead atoms. The van der Waals surface area contributed by atoms with E-state index in [4.69, 9.17) is 0 Å². The highest BCUT2D eigenvalue weighted by molar-refractivity contribution is 4.75. The minimum absolute atomic E-state index is 0.821. The average Bonchev–Trinajstić information content (AvgIpc) is 2.60. The molecule has 1 N–H and O–H groups in total. The first-order chi connectivity index (χ1) is 6.95. The van der Waals surface area contributed by atoms with E-state index in [0.29, 0.717) is 0 Å². The third-order valence-electron chi connectivity index (χ3n) is 2.82. The molecule has 0 unspecified atom stereocenters. The summed E-state index contributed by atoms with van der Waals surface area (Å²) < 4.78 is 1.89. The Morgan fingerprint density at radius 1 is 1.36 bits per heavy atom. The molecule has 0 saturated heterocycles. The van der Waals surface area contributed by atoms with Crippen LogP contribution in [0.5, 0.6) is 0 Å². The summed E-state index contributed by atoms with van der Waals surface area (Å²) in [6.07, 6.45) is 10.2. The maximum atomic E-state index is 3.92. The zero-order valence-corrected chi connectivity index (χ0v) is 8.52. The van der Waals surface area contributed by atoms with Gasteiger partial charge < -0.3 is 5.32 Å². The summed E-state index contributed by atoms with van der Waals surface area (Å²) in [7, 11) is 0. The summed E-state index contributed by atoms with van der Waals surface area (Å²) in [5, 5.41) is 11.2. The summed E-state index contributed by atoms with van der Waals surface area (Å²) in [5.74, 6) is 0. The molecule has 1 aliphatic rings. The predicted octanol–water partition coefficient (Wildman–Crippen LogP) is 1.20. The van der Waals surface area contributed by atoms with E-state index in [0.717, 1.165) is 19.1 Å². The van der Waals surface area contributed by atoms with Crippen molar-refractivity contribution in [2.24, 2.45) is 0 Å². The van der Waals surface area contributed by atoms with Gasteiger partial charge in [-0.2, -0.15) is 0 Å². The highest BCUT2D eigenvalue weighted by Gasteiger charge is 2.15. The fraction of sp³-hybridized carbons (Fsp3) is 0.800. The quantitative estimate of drug-likeness (QED) is 0.692. The Morgan fingerprint density at radius 3 is 2.93 bits per heavy atom. The van der Waals surface area contributed by atoms with Crippen LogP contribution < -0.4 is 5.32 Å². The smallest absolute Gasteiger partial charge is 0.0692 e. The zero-order valence-electron chi connectivity index (χ0n) is 8.52. The van der Waals surface area contributed by atoms with Crippen molar-refractivity contribution in [2.75, 3.05) is 6.54 Å². The van der Waals surface area contributed by atoms with Crippen molar-refractivity contribution in [3.05, 3.63) is 12.4 Å². The number of aryl methyl sites for hydroxylation is 1. The van der Waals surface area contributed by atoms with Gasteiger partial charge in [0.2, 0.25) is 0 Å². The molecule has 2 rings (SSSR count). The summed E-state index contributed by atoms with van der Waals surface area (Å²) in [4.78, 5) is 0. The first-order valence-electron chi connectivity index (χ1n) is 5.52. The number of hydrogen-bond donors (Lipinski definition) is 1. The number of aromatic nitrogens is 3. The van der Waals surface area contributed by atoms with Gasteiger partial charge in [0.05, 0.1) is 6.20 Å². The molecule has 4 nitrogen and oxygen atoms in total. The number of nitrogens with one attached hydrogen (secondary N) is 1. The number of nitrogens with zero attached hydrogens (tertiary/aromatic N) is 3. The summed E-state index contributed by atoms with van der Waals surface area (Å²) in [5.41, 5.74) is 0. The Labute approximate surface area is 84.7 Å². The van der Waals surface area contributed by atoms with Crippen LogP contribution in [-0.4, -0.2) is 27.6 Å². The summed E-state index contributed by atoms with van der Waals surface area (Å²) in [6.45, 7) is 2.14. The molecule has 78 valence electrons. The SMILES string of the molecule is c1cn(CCCCNC2CCC2)nn1.